The molecule has 0 N–H and O–H groups in total. The third-order valence-electron chi connectivity index (χ3n) is 0.486. The summed E-state index contributed by atoms with van der Waals surface area (Å²) >= 11 is 2.18. The molecule has 0 aliphatic carbocycles. The predicted octanol–water partition coefficient (Wildman–Crippen LogP) is 1.88. The first-order valence-electron chi connectivity index (χ1n) is 1.57. The topological polar surface area (TPSA) is 13.1 Å². The second-order valence-corrected chi connectivity index (χ2v) is 2.19. The Hall–Kier alpha value is 0.01000. The molecule has 1 aromatic rings. The van der Waals surface area contributed by atoms with Crippen LogP contribution in [0.1, 0.15) is 0 Å². The normalized spacial score (nSPS) is 8.83. The standard InChI is InChI=1S/C4H3IO/c5-4-1-2-6-3-4/h1-3H/i5+4. The van der Waals surface area contributed by atoms with Crippen molar-refractivity contribution in [3.63, 3.8) is 0 Å². The van der Waals surface area contributed by atoms with Gasteiger partial charge >= 0.3 is 0 Å². The van der Waals surface area contributed by atoms with Gasteiger partial charge in [0.2, 0.25) is 0 Å². The van der Waals surface area contributed by atoms with Gasteiger partial charge < -0.3 is 4.42 Å². The molecule has 0 amide bonds. The Bertz CT molecular complexity index is 111. The van der Waals surface area contributed by atoms with Gasteiger partial charge in [0.15, 0.2) is 0 Å². The minimum Gasteiger partial charge on any atom is -0.471 e. The molecule has 0 saturated heterocycles. The first kappa shape index (κ1) is 4.18. The number of rotatable bonds is 0. The van der Waals surface area contributed by atoms with Gasteiger partial charge in [0.05, 0.1) is 9.83 Å². The van der Waals surface area contributed by atoms with E-state index >= 15 is 0 Å². The highest BCUT2D eigenvalue weighted by molar-refractivity contribution is 14.1. The van der Waals surface area contributed by atoms with Crippen LogP contribution in [0.15, 0.2) is 23.0 Å². The first-order chi connectivity index (χ1) is 2.89. The van der Waals surface area contributed by atoms with E-state index in [1.54, 1.807) is 12.5 Å². The Morgan fingerprint density at radius 2 is 2.50 bits per heavy atom. The van der Waals surface area contributed by atoms with E-state index < -0.39 is 0 Å². The smallest absolute Gasteiger partial charge is 0.104 e. The predicted molar refractivity (Wildman–Crippen MR) is 31.4 cm³/mol. The zero-order chi connectivity index (χ0) is 4.41. The lowest BCUT2D eigenvalue weighted by Gasteiger charge is -1.60. The Morgan fingerprint density at radius 3 is 2.67 bits per heavy atom. The molecule has 1 rings (SSSR count). The maximum absolute atomic E-state index is 4.71. The fourth-order valence-electron chi connectivity index (χ4n) is 0.248. The van der Waals surface area contributed by atoms with Gasteiger partial charge in [-0.1, -0.05) is 0 Å². The summed E-state index contributed by atoms with van der Waals surface area (Å²) in [4.78, 5) is 0. The fourth-order valence-corrected chi connectivity index (χ4v) is 0.541. The monoisotopic (exact) mass is 198 g/mol. The van der Waals surface area contributed by atoms with E-state index in [1.165, 1.54) is 0 Å². The highest BCUT2D eigenvalue weighted by atomic mass is 131. The maximum atomic E-state index is 4.71. The molecular formula is C4H3IO. The highest BCUT2D eigenvalue weighted by Gasteiger charge is 1.78. The van der Waals surface area contributed by atoms with E-state index in [2.05, 4.69) is 22.6 Å². The molecule has 0 unspecified atom stereocenters. The van der Waals surface area contributed by atoms with Crippen LogP contribution < -0.4 is 0 Å². The molecule has 1 aromatic heterocycles. The van der Waals surface area contributed by atoms with Crippen LogP contribution in [0.3, 0.4) is 0 Å². The summed E-state index contributed by atoms with van der Waals surface area (Å²) in [5.74, 6) is 0. The molecule has 0 aliphatic rings. The summed E-state index contributed by atoms with van der Waals surface area (Å²) in [6.07, 6.45) is 3.35. The molecule has 0 saturated carbocycles. The lowest BCUT2D eigenvalue weighted by molar-refractivity contribution is 0.566. The zero-order valence-electron chi connectivity index (χ0n) is 3.02. The lowest BCUT2D eigenvalue weighted by Crippen LogP contribution is -1.44. The molecule has 1 nitrogen and oxygen atoms in total. The zero-order valence-corrected chi connectivity index (χ0v) is 5.18. The molecule has 0 fully saturated rings. The molecule has 0 spiro atoms. The van der Waals surface area contributed by atoms with Crippen molar-refractivity contribution in [1.82, 2.24) is 0 Å². The molecule has 0 aliphatic heterocycles. The average Bonchev–Trinajstić information content (AvgIpc) is 1.86. The second-order valence-electron chi connectivity index (χ2n) is 0.942. The Morgan fingerprint density at radius 1 is 1.67 bits per heavy atom. The van der Waals surface area contributed by atoms with Crippen LogP contribution in [0.5, 0.6) is 0 Å². The van der Waals surface area contributed by atoms with Crippen LogP contribution >= 0.6 is 22.6 Å². The summed E-state index contributed by atoms with van der Waals surface area (Å²) < 4.78 is 5.85. The Balaban J connectivity index is 3.05. The lowest BCUT2D eigenvalue weighted by atomic mass is 10.7. The van der Waals surface area contributed by atoms with Gasteiger partial charge in [-0.05, 0) is 28.7 Å². The van der Waals surface area contributed by atoms with Crippen LogP contribution in [0.4, 0.5) is 0 Å². The van der Waals surface area contributed by atoms with Crippen molar-refractivity contribution in [2.24, 2.45) is 0 Å². The minimum absolute atomic E-state index is 1.15. The van der Waals surface area contributed by atoms with Crippen LogP contribution in [0.25, 0.3) is 0 Å². The van der Waals surface area contributed by atoms with E-state index in [9.17, 15) is 0 Å². The van der Waals surface area contributed by atoms with Crippen molar-refractivity contribution in [2.75, 3.05) is 0 Å². The fraction of sp³-hybridized carbons (Fsp3) is 0. The van der Waals surface area contributed by atoms with Crippen LogP contribution in [0.2, 0.25) is 0 Å². The second kappa shape index (κ2) is 1.64. The average molecular weight is 198 g/mol. The minimum atomic E-state index is 1.15. The molecule has 0 atom stereocenters. The Labute approximate surface area is 49.5 Å². The van der Waals surface area contributed by atoms with Crippen molar-refractivity contribution in [3.05, 3.63) is 22.2 Å². The Kier molecular flexibility index (Phi) is 1.14. The van der Waals surface area contributed by atoms with Gasteiger partial charge in [-0.25, -0.2) is 0 Å². The van der Waals surface area contributed by atoms with Crippen molar-refractivity contribution in [3.8, 4) is 0 Å². The summed E-state index contributed by atoms with van der Waals surface area (Å²) in [6, 6.07) is 1.90. The molecular weight excluding hydrogens is 195 g/mol. The molecule has 0 radical (unpaired) electrons. The summed E-state index contributed by atoms with van der Waals surface area (Å²) in [7, 11) is 0. The summed E-state index contributed by atoms with van der Waals surface area (Å²) in [5, 5.41) is 0. The van der Waals surface area contributed by atoms with Crippen molar-refractivity contribution < 1.29 is 4.42 Å². The van der Waals surface area contributed by atoms with E-state index in [0.29, 0.717) is 0 Å². The first-order valence-corrected chi connectivity index (χ1v) is 2.65. The summed E-state index contributed by atoms with van der Waals surface area (Å²) in [6.45, 7) is 0. The van der Waals surface area contributed by atoms with Gasteiger partial charge in [0.1, 0.15) is 6.26 Å². The largest absolute Gasteiger partial charge is 0.471 e. The molecule has 1 heterocycles. The number of hydrogen-bond donors (Lipinski definition) is 0. The van der Waals surface area contributed by atoms with Crippen molar-refractivity contribution >= 4 is 22.6 Å². The van der Waals surface area contributed by atoms with Crippen molar-refractivity contribution in [1.29, 1.82) is 0 Å². The number of halogens is 1. The van der Waals surface area contributed by atoms with Gasteiger partial charge in [0.25, 0.3) is 0 Å². The van der Waals surface area contributed by atoms with Gasteiger partial charge in [0, 0.05) is 0 Å². The third kappa shape index (κ3) is 0.739. The SMILES string of the molecule is [131I]c1ccoc1. The molecule has 32 valence electrons. The number of furan rings is 1. The molecule has 0 bridgehead atoms. The van der Waals surface area contributed by atoms with Crippen LogP contribution in [0, 0.1) is 3.57 Å². The highest BCUT2D eigenvalue weighted by Crippen LogP contribution is 2.01. The molecule has 0 aromatic carbocycles. The van der Waals surface area contributed by atoms with Crippen LogP contribution in [-0.4, -0.2) is 0 Å². The number of hydrogen-bond acceptors (Lipinski definition) is 1. The van der Waals surface area contributed by atoms with E-state index in [-0.39, 0.29) is 0 Å². The van der Waals surface area contributed by atoms with E-state index in [4.69, 9.17) is 4.42 Å². The third-order valence-corrected chi connectivity index (χ3v) is 1.10. The van der Waals surface area contributed by atoms with Gasteiger partial charge in [-0.15, -0.1) is 0 Å². The quantitative estimate of drug-likeness (QED) is 0.580. The maximum Gasteiger partial charge on any atom is 0.104 e. The van der Waals surface area contributed by atoms with E-state index in [1.807, 2.05) is 6.07 Å². The van der Waals surface area contributed by atoms with Crippen LogP contribution in [-0.2, 0) is 0 Å². The molecule has 6 heavy (non-hydrogen) atoms. The van der Waals surface area contributed by atoms with E-state index in [0.717, 1.165) is 3.57 Å². The summed E-state index contributed by atoms with van der Waals surface area (Å²) in [5.41, 5.74) is 0. The van der Waals surface area contributed by atoms with Crippen molar-refractivity contribution in [2.45, 2.75) is 0 Å². The molecule has 2 heteroatoms. The van der Waals surface area contributed by atoms with Gasteiger partial charge in [-0.2, -0.15) is 0 Å². The van der Waals surface area contributed by atoms with Gasteiger partial charge in [-0.3, -0.25) is 0 Å².